The van der Waals surface area contributed by atoms with E-state index in [0.717, 1.165) is 11.3 Å². The van der Waals surface area contributed by atoms with E-state index in [0.29, 0.717) is 36.0 Å². The van der Waals surface area contributed by atoms with Crippen molar-refractivity contribution < 1.29 is 23.5 Å². The van der Waals surface area contributed by atoms with Crippen LogP contribution in [0.25, 0.3) is 5.57 Å². The molecule has 34 heavy (non-hydrogen) atoms. The number of para-hydroxylation sites is 2. The lowest BCUT2D eigenvalue weighted by molar-refractivity contribution is -0.120. The van der Waals surface area contributed by atoms with Gasteiger partial charge in [0, 0.05) is 0 Å². The van der Waals surface area contributed by atoms with Crippen molar-refractivity contribution in [2.24, 2.45) is 0 Å². The van der Waals surface area contributed by atoms with Crippen LogP contribution in [0.1, 0.15) is 25.8 Å². The van der Waals surface area contributed by atoms with Gasteiger partial charge in [0.05, 0.1) is 30.2 Å². The third-order valence-corrected chi connectivity index (χ3v) is 5.23. The molecule has 0 spiro atoms. The van der Waals surface area contributed by atoms with Crippen LogP contribution in [0.5, 0.6) is 11.5 Å². The van der Waals surface area contributed by atoms with E-state index in [1.54, 1.807) is 36.4 Å². The van der Waals surface area contributed by atoms with Gasteiger partial charge < -0.3 is 14.8 Å². The van der Waals surface area contributed by atoms with Gasteiger partial charge >= 0.3 is 0 Å². The van der Waals surface area contributed by atoms with Gasteiger partial charge in [0.25, 0.3) is 11.8 Å². The molecule has 0 radical (unpaired) electrons. The lowest BCUT2D eigenvalue weighted by Gasteiger charge is -2.16. The van der Waals surface area contributed by atoms with Crippen LogP contribution in [0.4, 0.5) is 15.8 Å². The normalized spacial score (nSPS) is 13.4. The number of carbonyl (C=O) groups excluding carboxylic acids is 2. The summed E-state index contributed by atoms with van der Waals surface area (Å²) in [7, 11) is 0. The van der Waals surface area contributed by atoms with Crippen molar-refractivity contribution in [3.8, 4) is 11.5 Å². The lowest BCUT2D eigenvalue weighted by Crippen LogP contribution is -2.32. The number of rotatable bonds is 9. The van der Waals surface area contributed by atoms with Crippen LogP contribution in [-0.2, 0) is 9.59 Å². The molecule has 1 aliphatic heterocycles. The first kappa shape index (κ1) is 23.0. The Morgan fingerprint density at radius 1 is 0.853 bits per heavy atom. The van der Waals surface area contributed by atoms with Crippen LogP contribution in [-0.4, -0.2) is 25.0 Å². The van der Waals surface area contributed by atoms with E-state index in [4.69, 9.17) is 9.47 Å². The summed E-state index contributed by atoms with van der Waals surface area (Å²) >= 11 is 0. The molecule has 0 aromatic heterocycles. The summed E-state index contributed by atoms with van der Waals surface area (Å²) < 4.78 is 24.8. The predicted molar refractivity (Wildman–Crippen MR) is 129 cm³/mol. The van der Waals surface area contributed by atoms with Crippen LogP contribution in [0.3, 0.4) is 0 Å². The van der Waals surface area contributed by atoms with Crippen molar-refractivity contribution in [3.63, 3.8) is 0 Å². The minimum atomic E-state index is -0.538. The van der Waals surface area contributed by atoms with Crippen LogP contribution in [0.15, 0.2) is 78.5 Å². The molecular formula is C27H25FN2O4. The quantitative estimate of drug-likeness (QED) is 0.433. The SMILES string of the molecule is CCCOc1ccc(C2=C(Nc3ccccc3OCC)C(=O)N(c3ccc(F)cc3)C2=O)cc1. The predicted octanol–water partition coefficient (Wildman–Crippen LogP) is 5.41. The van der Waals surface area contributed by atoms with Crippen molar-refractivity contribution in [1.82, 2.24) is 0 Å². The van der Waals surface area contributed by atoms with E-state index in [1.807, 2.05) is 26.0 Å². The standard InChI is InChI=1S/C27H25FN2O4/c1-3-17-34-21-15-9-18(10-16-21)24-25(29-22-7-5-6-8-23(22)33-4-2)27(32)30(26(24)31)20-13-11-19(28)12-14-20/h5-16,29H,3-4,17H2,1-2H3. The molecule has 0 saturated carbocycles. The van der Waals surface area contributed by atoms with Gasteiger partial charge in [-0.2, -0.15) is 0 Å². The Bertz CT molecular complexity index is 1220. The Hall–Kier alpha value is -4.13. The molecule has 0 unspecified atom stereocenters. The van der Waals surface area contributed by atoms with Crippen LogP contribution in [0.2, 0.25) is 0 Å². The zero-order chi connectivity index (χ0) is 24.1. The highest BCUT2D eigenvalue weighted by Gasteiger charge is 2.40. The van der Waals surface area contributed by atoms with Crippen molar-refractivity contribution in [2.75, 3.05) is 23.4 Å². The highest BCUT2D eigenvalue weighted by Crippen LogP contribution is 2.36. The zero-order valence-electron chi connectivity index (χ0n) is 19.0. The first-order chi connectivity index (χ1) is 16.5. The van der Waals surface area contributed by atoms with E-state index in [2.05, 4.69) is 5.32 Å². The first-order valence-electron chi connectivity index (χ1n) is 11.1. The fourth-order valence-corrected chi connectivity index (χ4v) is 3.66. The lowest BCUT2D eigenvalue weighted by atomic mass is 10.0. The highest BCUT2D eigenvalue weighted by molar-refractivity contribution is 6.46. The molecule has 6 nitrogen and oxygen atoms in total. The summed E-state index contributed by atoms with van der Waals surface area (Å²) in [6.07, 6.45) is 0.875. The van der Waals surface area contributed by atoms with Crippen molar-refractivity contribution >= 4 is 28.8 Å². The monoisotopic (exact) mass is 460 g/mol. The number of benzene rings is 3. The van der Waals surface area contributed by atoms with Gasteiger partial charge in [0.1, 0.15) is 23.0 Å². The molecule has 0 saturated heterocycles. The molecule has 3 aromatic carbocycles. The van der Waals surface area contributed by atoms with Gasteiger partial charge in [-0.25, -0.2) is 9.29 Å². The molecule has 1 N–H and O–H groups in total. The zero-order valence-corrected chi connectivity index (χ0v) is 19.0. The Morgan fingerprint density at radius 2 is 1.56 bits per heavy atom. The molecular weight excluding hydrogens is 435 g/mol. The topological polar surface area (TPSA) is 67.9 Å². The van der Waals surface area contributed by atoms with Crippen LogP contribution < -0.4 is 19.7 Å². The number of nitrogens with one attached hydrogen (secondary N) is 1. The second-order valence-corrected chi connectivity index (χ2v) is 7.60. The van der Waals surface area contributed by atoms with Gasteiger partial charge in [-0.3, -0.25) is 9.59 Å². The summed E-state index contributed by atoms with van der Waals surface area (Å²) in [6.45, 7) is 4.91. The van der Waals surface area contributed by atoms with Gasteiger partial charge in [0.15, 0.2) is 0 Å². The average molecular weight is 461 g/mol. The molecule has 0 aliphatic carbocycles. The summed E-state index contributed by atoms with van der Waals surface area (Å²) in [4.78, 5) is 28.1. The summed E-state index contributed by atoms with van der Waals surface area (Å²) in [5.41, 5.74) is 1.73. The summed E-state index contributed by atoms with van der Waals surface area (Å²) in [6, 6.07) is 19.5. The fraction of sp³-hybridized carbons (Fsp3) is 0.185. The highest BCUT2D eigenvalue weighted by atomic mass is 19.1. The Morgan fingerprint density at radius 3 is 2.24 bits per heavy atom. The van der Waals surface area contributed by atoms with Crippen molar-refractivity contribution in [1.29, 1.82) is 0 Å². The summed E-state index contributed by atoms with van der Waals surface area (Å²) in [5.74, 6) is -0.266. The van der Waals surface area contributed by atoms with Gasteiger partial charge in [0.2, 0.25) is 0 Å². The van der Waals surface area contributed by atoms with E-state index < -0.39 is 17.6 Å². The first-order valence-corrected chi connectivity index (χ1v) is 11.1. The number of hydrogen-bond donors (Lipinski definition) is 1. The average Bonchev–Trinajstić information content (AvgIpc) is 3.09. The summed E-state index contributed by atoms with van der Waals surface area (Å²) in [5, 5.41) is 3.12. The largest absolute Gasteiger partial charge is 0.494 e. The smallest absolute Gasteiger partial charge is 0.282 e. The van der Waals surface area contributed by atoms with Crippen molar-refractivity contribution in [2.45, 2.75) is 20.3 Å². The number of halogens is 1. The van der Waals surface area contributed by atoms with E-state index in [9.17, 15) is 14.0 Å². The fourth-order valence-electron chi connectivity index (χ4n) is 3.66. The van der Waals surface area contributed by atoms with Gasteiger partial charge in [-0.05, 0) is 67.4 Å². The Labute approximate surface area is 197 Å². The minimum absolute atomic E-state index is 0.115. The molecule has 1 aliphatic rings. The third kappa shape index (κ3) is 4.64. The number of amides is 2. The maximum atomic E-state index is 13.5. The number of hydrogen-bond acceptors (Lipinski definition) is 5. The van der Waals surface area contributed by atoms with E-state index in [1.165, 1.54) is 24.3 Å². The molecule has 1 heterocycles. The van der Waals surface area contributed by atoms with Crippen molar-refractivity contribution in [3.05, 3.63) is 89.9 Å². The number of nitrogens with zero attached hydrogens (tertiary/aromatic N) is 1. The van der Waals surface area contributed by atoms with Crippen LogP contribution >= 0.6 is 0 Å². The molecule has 0 fully saturated rings. The Balaban J connectivity index is 1.77. The Kier molecular flexibility index (Phi) is 6.92. The van der Waals surface area contributed by atoms with E-state index in [-0.39, 0.29) is 17.0 Å². The molecule has 4 rings (SSSR count). The third-order valence-electron chi connectivity index (χ3n) is 5.23. The minimum Gasteiger partial charge on any atom is -0.494 e. The molecule has 7 heteroatoms. The number of imide groups is 1. The number of anilines is 2. The second-order valence-electron chi connectivity index (χ2n) is 7.60. The van der Waals surface area contributed by atoms with Gasteiger partial charge in [-0.15, -0.1) is 0 Å². The molecule has 174 valence electrons. The number of carbonyl (C=O) groups is 2. The molecule has 2 amide bonds. The molecule has 3 aromatic rings. The maximum absolute atomic E-state index is 13.5. The second kappa shape index (κ2) is 10.2. The molecule has 0 bridgehead atoms. The maximum Gasteiger partial charge on any atom is 0.282 e. The van der Waals surface area contributed by atoms with Gasteiger partial charge in [-0.1, -0.05) is 31.2 Å². The molecule has 0 atom stereocenters. The van der Waals surface area contributed by atoms with Crippen LogP contribution in [0, 0.1) is 5.82 Å². The van der Waals surface area contributed by atoms with E-state index >= 15 is 0 Å². The number of ether oxygens (including phenoxy) is 2.